The highest BCUT2D eigenvalue weighted by molar-refractivity contribution is 5.78. The largest absolute Gasteiger partial charge is 0.394 e. The predicted octanol–water partition coefficient (Wildman–Crippen LogP) is 9.31. The Balaban J connectivity index is 2.21. The SMILES string of the molecule is CCCCCCCCCCCCCCCCC(CCCCCCCCCCCCCCCC)C(=O)NCCOCCOCCO[C@@H]1O[C@H](CO)[C@H](O)[C@H](O)[C@H]1O. The zero-order valence-electron chi connectivity index (χ0n) is 36.5. The number of ether oxygens (including phenoxy) is 4. The molecule has 1 amide bonds. The molecule has 0 aromatic carbocycles. The summed E-state index contributed by atoms with van der Waals surface area (Å²) < 4.78 is 21.9. The third-order valence-corrected chi connectivity index (χ3v) is 11.5. The van der Waals surface area contributed by atoms with Gasteiger partial charge in [-0.25, -0.2) is 0 Å². The van der Waals surface area contributed by atoms with Gasteiger partial charge in [0.25, 0.3) is 0 Å². The third-order valence-electron chi connectivity index (χ3n) is 11.5. The normalized spacial score (nSPS) is 19.9. The van der Waals surface area contributed by atoms with E-state index in [1.807, 2.05) is 0 Å². The van der Waals surface area contributed by atoms with Gasteiger partial charge in [-0.3, -0.25) is 4.79 Å². The molecule has 5 N–H and O–H groups in total. The minimum Gasteiger partial charge on any atom is -0.394 e. The molecule has 0 aromatic rings. The Labute approximate surface area is 343 Å². The zero-order valence-corrected chi connectivity index (χ0v) is 36.5. The molecule has 1 aliphatic heterocycles. The Bertz CT molecular complexity index is 802. The second kappa shape index (κ2) is 39.6. The van der Waals surface area contributed by atoms with Crippen molar-refractivity contribution < 1.29 is 44.2 Å². The zero-order chi connectivity index (χ0) is 40.7. The summed E-state index contributed by atoms with van der Waals surface area (Å²) in [4.78, 5) is 13.2. The lowest BCUT2D eigenvalue weighted by atomic mass is 9.93. The van der Waals surface area contributed by atoms with Crippen molar-refractivity contribution in [2.24, 2.45) is 5.92 Å². The van der Waals surface area contributed by atoms with Crippen LogP contribution in [-0.4, -0.2) is 103 Å². The van der Waals surface area contributed by atoms with Crippen LogP contribution < -0.4 is 5.32 Å². The number of carbonyl (C=O) groups excluding carboxylic acids is 1. The molecule has 1 fully saturated rings. The molecule has 56 heavy (non-hydrogen) atoms. The molecule has 1 heterocycles. The monoisotopic (exact) mass is 802 g/mol. The third kappa shape index (κ3) is 29.4. The molecular formula is C46H91NO9. The second-order valence-electron chi connectivity index (χ2n) is 16.6. The van der Waals surface area contributed by atoms with E-state index in [-0.39, 0.29) is 25.0 Å². The lowest BCUT2D eigenvalue weighted by Crippen LogP contribution is -2.59. The summed E-state index contributed by atoms with van der Waals surface area (Å²) in [6.45, 7) is 5.98. The molecule has 0 radical (unpaired) electrons. The van der Waals surface area contributed by atoms with Crippen LogP contribution in [-0.2, 0) is 23.7 Å². The van der Waals surface area contributed by atoms with Crippen LogP contribution in [0.25, 0.3) is 0 Å². The van der Waals surface area contributed by atoms with Gasteiger partial charge in [-0.2, -0.15) is 0 Å². The maximum Gasteiger partial charge on any atom is 0.223 e. The molecule has 10 nitrogen and oxygen atoms in total. The van der Waals surface area contributed by atoms with Gasteiger partial charge in [-0.05, 0) is 12.8 Å². The molecule has 0 aliphatic carbocycles. The van der Waals surface area contributed by atoms with E-state index in [1.165, 1.54) is 167 Å². The molecule has 0 saturated carbocycles. The number of hydrogen-bond acceptors (Lipinski definition) is 9. The van der Waals surface area contributed by atoms with Crippen molar-refractivity contribution in [3.05, 3.63) is 0 Å². The van der Waals surface area contributed by atoms with Crippen LogP contribution in [0.4, 0.5) is 0 Å². The molecule has 10 heteroatoms. The van der Waals surface area contributed by atoms with Crippen LogP contribution in [0.5, 0.6) is 0 Å². The molecule has 1 saturated heterocycles. The number of amides is 1. The summed E-state index contributed by atoms with van der Waals surface area (Å²) in [5, 5.41) is 42.2. The van der Waals surface area contributed by atoms with Gasteiger partial charge < -0.3 is 44.7 Å². The van der Waals surface area contributed by atoms with Crippen molar-refractivity contribution in [1.82, 2.24) is 5.32 Å². The number of hydrogen-bond donors (Lipinski definition) is 5. The van der Waals surface area contributed by atoms with Crippen molar-refractivity contribution in [2.75, 3.05) is 46.2 Å². The van der Waals surface area contributed by atoms with E-state index in [0.29, 0.717) is 26.4 Å². The average Bonchev–Trinajstić information content (AvgIpc) is 3.20. The number of carbonyl (C=O) groups is 1. The Morgan fingerprint density at radius 3 is 1.30 bits per heavy atom. The molecule has 1 aliphatic rings. The molecular weight excluding hydrogens is 711 g/mol. The first kappa shape index (κ1) is 53.2. The fraction of sp³-hybridized carbons (Fsp3) is 0.978. The van der Waals surface area contributed by atoms with E-state index in [4.69, 9.17) is 18.9 Å². The fourth-order valence-electron chi connectivity index (χ4n) is 7.72. The second-order valence-corrected chi connectivity index (χ2v) is 16.6. The van der Waals surface area contributed by atoms with Crippen LogP contribution in [0.3, 0.4) is 0 Å². The Morgan fingerprint density at radius 2 is 0.893 bits per heavy atom. The lowest BCUT2D eigenvalue weighted by Gasteiger charge is -2.39. The van der Waals surface area contributed by atoms with Gasteiger partial charge in [0, 0.05) is 12.5 Å². The number of aliphatic hydroxyl groups is 4. The van der Waals surface area contributed by atoms with E-state index in [9.17, 15) is 25.2 Å². The van der Waals surface area contributed by atoms with E-state index in [1.54, 1.807) is 0 Å². The molecule has 0 aromatic heterocycles. The maximum atomic E-state index is 13.2. The van der Waals surface area contributed by atoms with E-state index >= 15 is 0 Å². The quantitative estimate of drug-likeness (QED) is 0.0381. The number of rotatable bonds is 42. The van der Waals surface area contributed by atoms with Crippen LogP contribution in [0.15, 0.2) is 0 Å². The number of aliphatic hydroxyl groups excluding tert-OH is 4. The highest BCUT2D eigenvalue weighted by Gasteiger charge is 2.43. The Morgan fingerprint density at radius 1 is 0.518 bits per heavy atom. The molecule has 0 unspecified atom stereocenters. The number of unbranched alkanes of at least 4 members (excludes halogenated alkanes) is 26. The smallest absolute Gasteiger partial charge is 0.223 e. The fourth-order valence-corrected chi connectivity index (χ4v) is 7.72. The summed E-state index contributed by atoms with van der Waals surface area (Å²) in [6.07, 6.45) is 33.0. The summed E-state index contributed by atoms with van der Waals surface area (Å²) in [7, 11) is 0. The minimum absolute atomic E-state index is 0.0803. The molecule has 1 rings (SSSR count). The van der Waals surface area contributed by atoms with E-state index < -0.39 is 37.3 Å². The highest BCUT2D eigenvalue weighted by Crippen LogP contribution is 2.23. The van der Waals surface area contributed by atoms with Gasteiger partial charge in [0.1, 0.15) is 24.4 Å². The Kier molecular flexibility index (Phi) is 37.6. The van der Waals surface area contributed by atoms with Crippen LogP contribution in [0.2, 0.25) is 0 Å². The molecule has 334 valence electrons. The van der Waals surface area contributed by atoms with Crippen molar-refractivity contribution in [3.63, 3.8) is 0 Å². The molecule has 0 spiro atoms. The summed E-state index contributed by atoms with van der Waals surface area (Å²) >= 11 is 0. The van der Waals surface area contributed by atoms with Gasteiger partial charge in [0.15, 0.2) is 6.29 Å². The van der Waals surface area contributed by atoms with Gasteiger partial charge in [-0.1, -0.05) is 194 Å². The van der Waals surface area contributed by atoms with Gasteiger partial charge in [-0.15, -0.1) is 0 Å². The standard InChI is InChI=1S/C46H91NO9/c1-3-5-7-9-11-13-15-17-19-21-23-25-27-29-31-40(32-30-28-26-24-22-20-18-16-14-12-10-8-6-4-2)45(52)47-33-34-53-35-36-54-37-38-55-46-44(51)43(50)42(49)41(39-48)56-46/h40-44,46,48-51H,3-39H2,1-2H3,(H,47,52)/t41-,42+,43+,44-,46-/m1/s1. The first-order valence-electron chi connectivity index (χ1n) is 23.8. The highest BCUT2D eigenvalue weighted by atomic mass is 16.7. The maximum absolute atomic E-state index is 13.2. The van der Waals surface area contributed by atoms with E-state index in [2.05, 4.69) is 19.2 Å². The predicted molar refractivity (Wildman–Crippen MR) is 228 cm³/mol. The molecule has 0 bridgehead atoms. The van der Waals surface area contributed by atoms with Crippen molar-refractivity contribution >= 4 is 5.91 Å². The number of nitrogens with one attached hydrogen (secondary N) is 1. The summed E-state index contributed by atoms with van der Waals surface area (Å²) in [5.74, 6) is 0.247. The first-order valence-corrected chi connectivity index (χ1v) is 23.8. The van der Waals surface area contributed by atoms with Crippen molar-refractivity contribution in [3.8, 4) is 0 Å². The van der Waals surface area contributed by atoms with Crippen LogP contribution in [0.1, 0.15) is 206 Å². The van der Waals surface area contributed by atoms with Crippen LogP contribution in [0, 0.1) is 5.92 Å². The minimum atomic E-state index is -1.47. The van der Waals surface area contributed by atoms with Crippen molar-refractivity contribution in [1.29, 1.82) is 0 Å². The topological polar surface area (TPSA) is 147 Å². The van der Waals surface area contributed by atoms with E-state index in [0.717, 1.165) is 25.7 Å². The van der Waals surface area contributed by atoms with Crippen LogP contribution >= 0.6 is 0 Å². The van der Waals surface area contributed by atoms with Gasteiger partial charge in [0.2, 0.25) is 5.91 Å². The lowest BCUT2D eigenvalue weighted by molar-refractivity contribution is -0.302. The van der Waals surface area contributed by atoms with Gasteiger partial charge in [0.05, 0.1) is 39.6 Å². The summed E-state index contributed by atoms with van der Waals surface area (Å²) in [6, 6.07) is 0. The Hall–Kier alpha value is -0.850. The first-order chi connectivity index (χ1) is 27.5. The molecule has 5 atom stereocenters. The van der Waals surface area contributed by atoms with Crippen molar-refractivity contribution in [2.45, 2.75) is 237 Å². The average molecular weight is 802 g/mol. The summed E-state index contributed by atoms with van der Waals surface area (Å²) in [5.41, 5.74) is 0. The van der Waals surface area contributed by atoms with Gasteiger partial charge >= 0.3 is 0 Å².